The van der Waals surface area contributed by atoms with E-state index in [2.05, 4.69) is 5.32 Å². The fraction of sp³-hybridized carbons (Fsp3) is 0.588. The molecule has 1 heterocycles. The van der Waals surface area contributed by atoms with E-state index in [4.69, 9.17) is 14.0 Å². The van der Waals surface area contributed by atoms with E-state index in [1.165, 1.54) is 0 Å². The number of amides is 1. The van der Waals surface area contributed by atoms with Gasteiger partial charge < -0.3 is 19.4 Å². The molecule has 0 saturated carbocycles. The molecule has 1 fully saturated rings. The van der Waals surface area contributed by atoms with Gasteiger partial charge in [0.05, 0.1) is 17.8 Å². The van der Waals surface area contributed by atoms with Crippen LogP contribution in [0.25, 0.3) is 0 Å². The number of hydrogen-bond acceptors (Lipinski definition) is 4. The first-order valence-corrected chi connectivity index (χ1v) is 7.91. The first kappa shape index (κ1) is 18.0. The Kier molecular flexibility index (Phi) is 5.18. The fourth-order valence-electron chi connectivity index (χ4n) is 2.37. The van der Waals surface area contributed by atoms with Crippen LogP contribution in [-0.2, 0) is 14.0 Å². The SMILES string of the molecule is COCCNC(=O)c1ccc(C)c(B2OC(C)(C)C(C)(C)O2)c1. The lowest BCUT2D eigenvalue weighted by atomic mass is 9.75. The normalized spacial score (nSPS) is 19.0. The van der Waals surface area contributed by atoms with Gasteiger partial charge in [-0.3, -0.25) is 4.79 Å². The fourth-order valence-corrected chi connectivity index (χ4v) is 2.37. The molecular formula is C17H26BNO4. The molecule has 2 rings (SSSR count). The van der Waals surface area contributed by atoms with Crippen LogP contribution in [-0.4, -0.2) is 44.5 Å². The Labute approximate surface area is 138 Å². The monoisotopic (exact) mass is 319 g/mol. The third-order valence-electron chi connectivity index (χ3n) is 4.64. The number of benzene rings is 1. The molecule has 0 spiro atoms. The van der Waals surface area contributed by atoms with E-state index in [9.17, 15) is 4.79 Å². The second-order valence-corrected chi connectivity index (χ2v) is 6.91. The lowest BCUT2D eigenvalue weighted by Crippen LogP contribution is -2.41. The predicted molar refractivity (Wildman–Crippen MR) is 91.1 cm³/mol. The van der Waals surface area contributed by atoms with Crippen LogP contribution in [0.4, 0.5) is 0 Å². The molecule has 1 aliphatic heterocycles. The Balaban J connectivity index is 2.20. The third kappa shape index (κ3) is 3.76. The zero-order valence-corrected chi connectivity index (χ0v) is 14.9. The molecule has 0 aromatic heterocycles. The summed E-state index contributed by atoms with van der Waals surface area (Å²) in [6.45, 7) is 11.0. The third-order valence-corrected chi connectivity index (χ3v) is 4.64. The van der Waals surface area contributed by atoms with Gasteiger partial charge in [-0.15, -0.1) is 0 Å². The lowest BCUT2D eigenvalue weighted by molar-refractivity contribution is 0.00578. The van der Waals surface area contributed by atoms with E-state index in [0.29, 0.717) is 18.7 Å². The van der Waals surface area contributed by atoms with Gasteiger partial charge in [-0.05, 0) is 52.2 Å². The van der Waals surface area contributed by atoms with Gasteiger partial charge in [-0.1, -0.05) is 11.6 Å². The quantitative estimate of drug-likeness (QED) is 0.663. The molecule has 0 radical (unpaired) electrons. The molecular weight excluding hydrogens is 293 g/mol. The molecule has 0 atom stereocenters. The van der Waals surface area contributed by atoms with Crippen molar-refractivity contribution in [1.82, 2.24) is 5.32 Å². The van der Waals surface area contributed by atoms with E-state index in [-0.39, 0.29) is 5.91 Å². The van der Waals surface area contributed by atoms with E-state index in [1.54, 1.807) is 7.11 Å². The number of nitrogens with one attached hydrogen (secondary N) is 1. The lowest BCUT2D eigenvalue weighted by Gasteiger charge is -2.32. The highest BCUT2D eigenvalue weighted by molar-refractivity contribution is 6.62. The van der Waals surface area contributed by atoms with Crippen LogP contribution in [0.3, 0.4) is 0 Å². The Morgan fingerprint density at radius 2 is 1.83 bits per heavy atom. The van der Waals surface area contributed by atoms with E-state index in [1.807, 2.05) is 52.8 Å². The number of ether oxygens (including phenoxy) is 1. The number of hydrogen-bond donors (Lipinski definition) is 1. The van der Waals surface area contributed by atoms with Crippen molar-refractivity contribution in [3.63, 3.8) is 0 Å². The molecule has 1 aliphatic rings. The minimum Gasteiger partial charge on any atom is -0.399 e. The molecule has 0 unspecified atom stereocenters. The van der Waals surface area contributed by atoms with Crippen molar-refractivity contribution in [2.75, 3.05) is 20.3 Å². The maximum absolute atomic E-state index is 12.2. The average molecular weight is 319 g/mol. The van der Waals surface area contributed by atoms with Gasteiger partial charge in [0.1, 0.15) is 0 Å². The van der Waals surface area contributed by atoms with Crippen LogP contribution >= 0.6 is 0 Å². The molecule has 1 aromatic rings. The topological polar surface area (TPSA) is 56.8 Å². The van der Waals surface area contributed by atoms with Crippen molar-refractivity contribution in [3.8, 4) is 0 Å². The van der Waals surface area contributed by atoms with Gasteiger partial charge in [0.15, 0.2) is 0 Å². The van der Waals surface area contributed by atoms with E-state index >= 15 is 0 Å². The first-order chi connectivity index (χ1) is 10.7. The summed E-state index contributed by atoms with van der Waals surface area (Å²) >= 11 is 0. The molecule has 6 heteroatoms. The summed E-state index contributed by atoms with van der Waals surface area (Å²) in [4.78, 5) is 12.2. The van der Waals surface area contributed by atoms with Gasteiger partial charge in [-0.2, -0.15) is 0 Å². The minimum absolute atomic E-state index is 0.125. The van der Waals surface area contributed by atoms with Crippen molar-refractivity contribution in [1.29, 1.82) is 0 Å². The Hall–Kier alpha value is -1.37. The molecule has 126 valence electrons. The van der Waals surface area contributed by atoms with Crippen LogP contribution in [0.15, 0.2) is 18.2 Å². The van der Waals surface area contributed by atoms with E-state index in [0.717, 1.165) is 11.0 Å². The molecule has 5 nitrogen and oxygen atoms in total. The second kappa shape index (κ2) is 6.63. The summed E-state index contributed by atoms with van der Waals surface area (Å²) in [7, 11) is 1.14. The number of aryl methyl sites for hydroxylation is 1. The second-order valence-electron chi connectivity index (χ2n) is 6.91. The number of methoxy groups -OCH3 is 1. The zero-order valence-electron chi connectivity index (χ0n) is 14.9. The van der Waals surface area contributed by atoms with Crippen molar-refractivity contribution in [2.45, 2.75) is 45.8 Å². The summed E-state index contributed by atoms with van der Waals surface area (Å²) in [5, 5.41) is 2.82. The van der Waals surface area contributed by atoms with Crippen molar-refractivity contribution < 1.29 is 18.8 Å². The minimum atomic E-state index is -0.466. The highest BCUT2D eigenvalue weighted by Crippen LogP contribution is 2.36. The maximum atomic E-state index is 12.2. The average Bonchev–Trinajstić information content (AvgIpc) is 2.68. The highest BCUT2D eigenvalue weighted by Gasteiger charge is 2.52. The van der Waals surface area contributed by atoms with Gasteiger partial charge in [0.2, 0.25) is 0 Å². The molecule has 1 saturated heterocycles. The van der Waals surface area contributed by atoms with Gasteiger partial charge >= 0.3 is 7.12 Å². The van der Waals surface area contributed by atoms with Crippen LogP contribution in [0.5, 0.6) is 0 Å². The molecule has 1 amide bonds. The van der Waals surface area contributed by atoms with Gasteiger partial charge in [0, 0.05) is 19.2 Å². The van der Waals surface area contributed by atoms with Gasteiger partial charge in [-0.25, -0.2) is 0 Å². The molecule has 0 aliphatic carbocycles. The van der Waals surface area contributed by atoms with Crippen LogP contribution < -0.4 is 10.8 Å². The number of carbonyl (C=O) groups excluding carboxylic acids is 1. The predicted octanol–water partition coefficient (Wildman–Crippen LogP) is 1.67. The van der Waals surface area contributed by atoms with Crippen molar-refractivity contribution in [3.05, 3.63) is 29.3 Å². The largest absolute Gasteiger partial charge is 0.495 e. The molecule has 1 aromatic carbocycles. The molecule has 1 N–H and O–H groups in total. The zero-order chi connectivity index (χ0) is 17.3. The highest BCUT2D eigenvalue weighted by atomic mass is 16.7. The summed E-state index contributed by atoms with van der Waals surface area (Å²) in [6, 6.07) is 5.58. The summed E-state index contributed by atoms with van der Waals surface area (Å²) in [5.74, 6) is -0.125. The summed E-state index contributed by atoms with van der Waals surface area (Å²) in [5.41, 5.74) is 1.72. The Morgan fingerprint density at radius 3 is 2.39 bits per heavy atom. The maximum Gasteiger partial charge on any atom is 0.495 e. The summed E-state index contributed by atoms with van der Waals surface area (Å²) < 4.78 is 17.1. The van der Waals surface area contributed by atoms with Gasteiger partial charge in [0.25, 0.3) is 5.91 Å². The van der Waals surface area contributed by atoms with Crippen molar-refractivity contribution in [2.24, 2.45) is 0 Å². The number of rotatable bonds is 5. The number of carbonyl (C=O) groups is 1. The van der Waals surface area contributed by atoms with Crippen LogP contribution in [0.2, 0.25) is 0 Å². The standard InChI is InChI=1S/C17H26BNO4/c1-12-7-8-13(15(20)19-9-10-21-6)11-14(12)18-22-16(2,3)17(4,5)23-18/h7-8,11H,9-10H2,1-6H3,(H,19,20). The van der Waals surface area contributed by atoms with Crippen LogP contribution in [0.1, 0.15) is 43.6 Å². The smallest absolute Gasteiger partial charge is 0.399 e. The summed E-state index contributed by atoms with van der Waals surface area (Å²) in [6.07, 6.45) is 0. The van der Waals surface area contributed by atoms with Crippen LogP contribution in [0, 0.1) is 6.92 Å². The molecule has 0 bridgehead atoms. The van der Waals surface area contributed by atoms with E-state index < -0.39 is 18.3 Å². The molecule has 23 heavy (non-hydrogen) atoms. The first-order valence-electron chi connectivity index (χ1n) is 7.91. The Bertz CT molecular complexity index is 570. The van der Waals surface area contributed by atoms with Crippen molar-refractivity contribution >= 4 is 18.5 Å². The Morgan fingerprint density at radius 1 is 1.22 bits per heavy atom.